The number of rotatable bonds is 3. The average molecular weight is 383 g/mol. The van der Waals surface area contributed by atoms with Gasteiger partial charge in [0.2, 0.25) is 0 Å². The van der Waals surface area contributed by atoms with Crippen LogP contribution in [0.15, 0.2) is 54.7 Å². The minimum Gasteiger partial charge on any atom is -0.490 e. The van der Waals surface area contributed by atoms with Crippen molar-refractivity contribution in [2.24, 2.45) is 0 Å². The second-order valence-electron chi connectivity index (χ2n) is 6.65. The first-order valence-corrected chi connectivity index (χ1v) is 9.27. The number of ether oxygens (including phenoxy) is 1. The lowest BCUT2D eigenvalue weighted by atomic mass is 10.0. The number of piperidine rings is 1. The average Bonchev–Trinajstić information content (AvgIpc) is 2.69. The molecule has 1 fully saturated rings. The number of aromatic nitrogens is 1. The van der Waals surface area contributed by atoms with Crippen LogP contribution in [0.2, 0.25) is 5.15 Å². The van der Waals surface area contributed by atoms with E-state index in [1.165, 1.54) is 4.90 Å². The van der Waals surface area contributed by atoms with Gasteiger partial charge >= 0.3 is 6.09 Å². The number of carbonyl (C=O) groups is 1. The first-order chi connectivity index (χ1) is 13.1. The second-order valence-corrected chi connectivity index (χ2v) is 7.01. The third-order valence-corrected chi connectivity index (χ3v) is 5.22. The molecular weight excluding hydrogens is 364 g/mol. The molecule has 1 aromatic heterocycles. The molecule has 0 unspecified atom stereocenters. The highest BCUT2D eigenvalue weighted by Gasteiger charge is 2.23. The molecule has 138 valence electrons. The fourth-order valence-electron chi connectivity index (χ4n) is 3.40. The van der Waals surface area contributed by atoms with E-state index in [1.54, 1.807) is 6.20 Å². The highest BCUT2D eigenvalue weighted by molar-refractivity contribution is 6.34. The summed E-state index contributed by atoms with van der Waals surface area (Å²) in [5.74, 6) is 0.806. The van der Waals surface area contributed by atoms with Crippen LogP contribution in [-0.4, -0.2) is 40.3 Å². The summed E-state index contributed by atoms with van der Waals surface area (Å²) in [7, 11) is 0. The lowest BCUT2D eigenvalue weighted by Gasteiger charge is -2.30. The Kier molecular flexibility index (Phi) is 4.86. The van der Waals surface area contributed by atoms with E-state index in [0.717, 1.165) is 27.6 Å². The van der Waals surface area contributed by atoms with Gasteiger partial charge in [0.25, 0.3) is 0 Å². The Hall–Kier alpha value is -2.79. The zero-order chi connectivity index (χ0) is 18.8. The van der Waals surface area contributed by atoms with Gasteiger partial charge in [0.05, 0.1) is 0 Å². The predicted molar refractivity (Wildman–Crippen MR) is 105 cm³/mol. The number of halogens is 1. The van der Waals surface area contributed by atoms with Crippen molar-refractivity contribution in [2.75, 3.05) is 13.1 Å². The first kappa shape index (κ1) is 17.6. The summed E-state index contributed by atoms with van der Waals surface area (Å²) in [5.41, 5.74) is 2.20. The Bertz CT molecular complexity index is 967. The van der Waals surface area contributed by atoms with E-state index in [9.17, 15) is 4.79 Å². The Balaban J connectivity index is 1.46. The zero-order valence-electron chi connectivity index (χ0n) is 14.6. The molecule has 27 heavy (non-hydrogen) atoms. The van der Waals surface area contributed by atoms with Gasteiger partial charge in [-0.3, -0.25) is 0 Å². The number of likely N-dealkylation sites (tertiary alicyclic amines) is 1. The van der Waals surface area contributed by atoms with E-state index in [-0.39, 0.29) is 6.10 Å². The van der Waals surface area contributed by atoms with Gasteiger partial charge in [0.15, 0.2) is 0 Å². The van der Waals surface area contributed by atoms with Crippen molar-refractivity contribution in [1.82, 2.24) is 9.88 Å². The lowest BCUT2D eigenvalue weighted by Crippen LogP contribution is -2.41. The fraction of sp³-hybridized carbons (Fsp3) is 0.238. The van der Waals surface area contributed by atoms with Gasteiger partial charge in [-0.25, -0.2) is 9.78 Å². The molecule has 5 nitrogen and oxygen atoms in total. The van der Waals surface area contributed by atoms with E-state index in [2.05, 4.69) is 11.1 Å². The second kappa shape index (κ2) is 7.45. The molecule has 3 aromatic rings. The van der Waals surface area contributed by atoms with Crippen molar-refractivity contribution < 1.29 is 14.6 Å². The number of amides is 1. The van der Waals surface area contributed by atoms with Gasteiger partial charge in [0, 0.05) is 37.5 Å². The van der Waals surface area contributed by atoms with E-state index < -0.39 is 6.09 Å². The molecule has 0 atom stereocenters. The van der Waals surface area contributed by atoms with Gasteiger partial charge in [-0.1, -0.05) is 35.9 Å². The molecule has 1 saturated heterocycles. The fourth-order valence-corrected chi connectivity index (χ4v) is 3.63. The van der Waals surface area contributed by atoms with E-state index in [0.29, 0.717) is 31.1 Å². The van der Waals surface area contributed by atoms with Crippen LogP contribution < -0.4 is 4.74 Å². The van der Waals surface area contributed by atoms with E-state index in [4.69, 9.17) is 21.4 Å². The largest absolute Gasteiger partial charge is 0.490 e. The molecule has 1 aliphatic heterocycles. The van der Waals surface area contributed by atoms with Gasteiger partial charge in [-0.15, -0.1) is 0 Å². The van der Waals surface area contributed by atoms with Crippen LogP contribution in [0.3, 0.4) is 0 Å². The number of nitrogens with zero attached hydrogens (tertiary/aromatic N) is 2. The van der Waals surface area contributed by atoms with Crippen LogP contribution in [-0.2, 0) is 0 Å². The topological polar surface area (TPSA) is 62.7 Å². The SMILES string of the molecule is O=C(O)N1CCC(Oc2ccc(-c3ccc4c(Cl)nccc4c3)cc2)CC1. The summed E-state index contributed by atoms with van der Waals surface area (Å²) in [6.07, 6.45) is 2.34. The molecule has 0 radical (unpaired) electrons. The minimum atomic E-state index is -0.856. The number of hydrogen-bond donors (Lipinski definition) is 1. The van der Waals surface area contributed by atoms with Crippen LogP contribution in [0.1, 0.15) is 12.8 Å². The number of hydrogen-bond acceptors (Lipinski definition) is 3. The molecule has 4 rings (SSSR count). The molecule has 2 aromatic carbocycles. The molecule has 6 heteroatoms. The van der Waals surface area contributed by atoms with Crippen LogP contribution >= 0.6 is 11.6 Å². The van der Waals surface area contributed by atoms with Crippen molar-refractivity contribution >= 4 is 28.5 Å². The number of fused-ring (bicyclic) bond motifs is 1. The standard InChI is InChI=1S/C21H19ClN2O3/c22-20-19-6-3-15(13-16(19)7-10-23-20)14-1-4-17(5-2-14)27-18-8-11-24(12-9-18)21(25)26/h1-7,10,13,18H,8-9,11-12H2,(H,25,26). The summed E-state index contributed by atoms with van der Waals surface area (Å²) in [6.45, 7) is 1.04. The molecular formula is C21H19ClN2O3. The number of carboxylic acid groups (broad SMARTS) is 1. The van der Waals surface area contributed by atoms with Crippen molar-refractivity contribution in [3.05, 3.63) is 59.9 Å². The van der Waals surface area contributed by atoms with Crippen LogP contribution in [0, 0.1) is 0 Å². The van der Waals surface area contributed by atoms with Crippen LogP contribution in [0.25, 0.3) is 21.9 Å². The zero-order valence-corrected chi connectivity index (χ0v) is 15.4. The maximum absolute atomic E-state index is 11.0. The highest BCUT2D eigenvalue weighted by Crippen LogP contribution is 2.29. The van der Waals surface area contributed by atoms with Gasteiger partial charge < -0.3 is 14.7 Å². The summed E-state index contributed by atoms with van der Waals surface area (Å²) in [6, 6.07) is 16.1. The normalized spacial score (nSPS) is 15.1. The molecule has 1 amide bonds. The maximum atomic E-state index is 11.0. The Morgan fingerprint density at radius 3 is 2.48 bits per heavy atom. The van der Waals surface area contributed by atoms with Gasteiger partial charge in [0.1, 0.15) is 17.0 Å². The Morgan fingerprint density at radius 2 is 1.78 bits per heavy atom. The van der Waals surface area contributed by atoms with Crippen LogP contribution in [0.5, 0.6) is 5.75 Å². The molecule has 0 spiro atoms. The summed E-state index contributed by atoms with van der Waals surface area (Å²) >= 11 is 6.13. The van der Waals surface area contributed by atoms with E-state index >= 15 is 0 Å². The third-order valence-electron chi connectivity index (χ3n) is 4.92. The van der Waals surface area contributed by atoms with E-state index in [1.807, 2.05) is 42.5 Å². The molecule has 0 bridgehead atoms. The van der Waals surface area contributed by atoms with Gasteiger partial charge in [-0.2, -0.15) is 0 Å². The smallest absolute Gasteiger partial charge is 0.407 e. The minimum absolute atomic E-state index is 0.0572. The molecule has 2 heterocycles. The number of pyridine rings is 1. The van der Waals surface area contributed by atoms with Crippen molar-refractivity contribution in [3.8, 4) is 16.9 Å². The highest BCUT2D eigenvalue weighted by atomic mass is 35.5. The Labute approximate surface area is 162 Å². The Morgan fingerprint density at radius 1 is 1.07 bits per heavy atom. The third kappa shape index (κ3) is 3.83. The molecule has 0 saturated carbocycles. The summed E-state index contributed by atoms with van der Waals surface area (Å²) in [5, 5.41) is 11.5. The van der Waals surface area contributed by atoms with Crippen molar-refractivity contribution in [2.45, 2.75) is 18.9 Å². The van der Waals surface area contributed by atoms with Crippen molar-refractivity contribution in [1.29, 1.82) is 0 Å². The molecule has 0 aliphatic carbocycles. The van der Waals surface area contributed by atoms with Crippen molar-refractivity contribution in [3.63, 3.8) is 0 Å². The quantitative estimate of drug-likeness (QED) is 0.642. The summed E-state index contributed by atoms with van der Waals surface area (Å²) in [4.78, 5) is 16.5. The molecule has 1 aliphatic rings. The summed E-state index contributed by atoms with van der Waals surface area (Å²) < 4.78 is 6.01. The monoisotopic (exact) mass is 382 g/mol. The predicted octanol–water partition coefficient (Wildman–Crippen LogP) is 5.08. The number of benzene rings is 2. The first-order valence-electron chi connectivity index (χ1n) is 8.89. The maximum Gasteiger partial charge on any atom is 0.407 e. The lowest BCUT2D eigenvalue weighted by molar-refractivity contribution is 0.0895. The van der Waals surface area contributed by atoms with Gasteiger partial charge in [-0.05, 0) is 40.8 Å². The van der Waals surface area contributed by atoms with Crippen LogP contribution in [0.4, 0.5) is 4.79 Å². The molecule has 1 N–H and O–H groups in total.